The molecule has 0 bridgehead atoms. The largest absolute Gasteiger partial charge is 0.444 e. The van der Waals surface area contributed by atoms with Crippen LogP contribution in [0.2, 0.25) is 0 Å². The summed E-state index contributed by atoms with van der Waals surface area (Å²) in [6.07, 6.45) is -0.720. The van der Waals surface area contributed by atoms with Crippen LogP contribution in [0.3, 0.4) is 0 Å². The summed E-state index contributed by atoms with van der Waals surface area (Å²) in [5, 5.41) is 7.72. The molecule has 0 saturated carbocycles. The number of hydrogen-bond donors (Lipinski definition) is 3. The van der Waals surface area contributed by atoms with Crippen molar-refractivity contribution >= 4 is 47.0 Å². The molecule has 3 rings (SSSR count). The van der Waals surface area contributed by atoms with Crippen molar-refractivity contribution in [2.45, 2.75) is 72.2 Å². The van der Waals surface area contributed by atoms with E-state index in [-0.39, 0.29) is 17.7 Å². The zero-order valence-corrected chi connectivity index (χ0v) is 24.6. The molecule has 8 heteroatoms. The number of aryl methyl sites for hydroxylation is 2. The summed E-state index contributed by atoms with van der Waals surface area (Å²) in [6, 6.07) is 17.1. The van der Waals surface area contributed by atoms with E-state index in [0.29, 0.717) is 11.3 Å². The molecule has 0 radical (unpaired) electrons. The molecule has 208 valence electrons. The lowest BCUT2D eigenvalue weighted by atomic mass is 9.97. The summed E-state index contributed by atoms with van der Waals surface area (Å²) in [6.45, 7) is 12.8. The van der Waals surface area contributed by atoms with Crippen molar-refractivity contribution in [1.29, 1.82) is 0 Å². The first-order valence-electron chi connectivity index (χ1n) is 13.1. The molecule has 7 nitrogen and oxygen atoms in total. The standard InChI is InChI=1S/C31H39N3O4S/c1-19(2)34(29(36)26(18-39)33-30(37)38-31(5,6)7)27(24-15-20(3)14-21(4)16-24)28(35)32-25-13-12-22-10-8-9-11-23(22)17-25/h8-17,19,26-27,39H,18H2,1-7H3,(H,32,35)(H,33,37). The molecule has 0 aliphatic carbocycles. The minimum Gasteiger partial charge on any atom is -0.444 e. The minimum atomic E-state index is -0.993. The predicted molar refractivity (Wildman–Crippen MR) is 160 cm³/mol. The maximum absolute atomic E-state index is 14.0. The Morgan fingerprint density at radius 3 is 2.10 bits per heavy atom. The maximum atomic E-state index is 14.0. The fourth-order valence-corrected chi connectivity index (χ4v) is 4.83. The van der Waals surface area contributed by atoms with Crippen LogP contribution < -0.4 is 10.6 Å². The zero-order valence-electron chi connectivity index (χ0n) is 23.7. The Labute approximate surface area is 236 Å². The summed E-state index contributed by atoms with van der Waals surface area (Å²) < 4.78 is 5.36. The Morgan fingerprint density at radius 1 is 0.923 bits per heavy atom. The number of carbonyl (C=O) groups is 3. The van der Waals surface area contributed by atoms with Crippen molar-refractivity contribution in [1.82, 2.24) is 10.2 Å². The zero-order chi connectivity index (χ0) is 28.9. The van der Waals surface area contributed by atoms with Gasteiger partial charge in [-0.2, -0.15) is 12.6 Å². The third-order valence-electron chi connectivity index (χ3n) is 6.09. The number of amides is 3. The highest BCUT2D eigenvalue weighted by Crippen LogP contribution is 2.29. The number of alkyl carbamates (subject to hydrolysis) is 1. The van der Waals surface area contributed by atoms with Crippen molar-refractivity contribution in [3.8, 4) is 0 Å². The lowest BCUT2D eigenvalue weighted by Crippen LogP contribution is -2.55. The Bertz CT molecular complexity index is 1330. The smallest absolute Gasteiger partial charge is 0.408 e. The van der Waals surface area contributed by atoms with Crippen LogP contribution in [0.5, 0.6) is 0 Å². The number of nitrogens with one attached hydrogen (secondary N) is 2. The molecule has 0 heterocycles. The van der Waals surface area contributed by atoms with Gasteiger partial charge in [-0.1, -0.05) is 59.7 Å². The number of nitrogens with zero attached hydrogens (tertiary/aromatic N) is 1. The molecule has 2 unspecified atom stereocenters. The molecule has 2 N–H and O–H groups in total. The van der Waals surface area contributed by atoms with Gasteiger partial charge in [0.15, 0.2) is 0 Å². The van der Waals surface area contributed by atoms with Crippen LogP contribution in [-0.4, -0.2) is 46.2 Å². The molecule has 3 aromatic carbocycles. The highest BCUT2D eigenvalue weighted by molar-refractivity contribution is 7.80. The van der Waals surface area contributed by atoms with Crippen LogP contribution in [0.25, 0.3) is 10.8 Å². The van der Waals surface area contributed by atoms with E-state index in [1.54, 1.807) is 20.8 Å². The van der Waals surface area contributed by atoms with E-state index in [9.17, 15) is 14.4 Å². The molecular formula is C31H39N3O4S. The first kappa shape index (κ1) is 30.0. The van der Waals surface area contributed by atoms with E-state index in [4.69, 9.17) is 4.74 Å². The van der Waals surface area contributed by atoms with E-state index in [2.05, 4.69) is 23.3 Å². The molecule has 0 fully saturated rings. The number of carbonyl (C=O) groups excluding carboxylic acids is 3. The Morgan fingerprint density at radius 2 is 1.54 bits per heavy atom. The van der Waals surface area contributed by atoms with Gasteiger partial charge in [0.05, 0.1) is 0 Å². The molecule has 3 amide bonds. The molecular weight excluding hydrogens is 510 g/mol. The monoisotopic (exact) mass is 549 g/mol. The Hall–Kier alpha value is -3.52. The van der Waals surface area contributed by atoms with Crippen LogP contribution in [0, 0.1) is 13.8 Å². The molecule has 3 aromatic rings. The van der Waals surface area contributed by atoms with Crippen LogP contribution in [0.1, 0.15) is 57.4 Å². The average Bonchev–Trinajstić information content (AvgIpc) is 2.83. The summed E-state index contributed by atoms with van der Waals surface area (Å²) >= 11 is 4.34. The Balaban J connectivity index is 2.01. The molecule has 0 aliphatic heterocycles. The third-order valence-corrected chi connectivity index (χ3v) is 6.45. The molecule has 0 aliphatic rings. The van der Waals surface area contributed by atoms with Crippen molar-refractivity contribution in [3.63, 3.8) is 0 Å². The molecule has 0 aromatic heterocycles. The normalized spacial score (nSPS) is 13.1. The van der Waals surface area contributed by atoms with E-state index >= 15 is 0 Å². The lowest BCUT2D eigenvalue weighted by Gasteiger charge is -2.37. The van der Waals surface area contributed by atoms with E-state index < -0.39 is 29.7 Å². The molecule has 0 spiro atoms. The number of ether oxygens (including phenoxy) is 1. The maximum Gasteiger partial charge on any atom is 0.408 e. The van der Waals surface area contributed by atoms with Gasteiger partial charge in [-0.15, -0.1) is 0 Å². The third kappa shape index (κ3) is 7.99. The second-order valence-corrected chi connectivity index (χ2v) is 11.5. The summed E-state index contributed by atoms with van der Waals surface area (Å²) in [7, 11) is 0. The van der Waals surface area contributed by atoms with Crippen molar-refractivity contribution in [2.75, 3.05) is 11.1 Å². The second kappa shape index (κ2) is 12.6. The van der Waals surface area contributed by atoms with Gasteiger partial charge in [0, 0.05) is 17.5 Å². The summed E-state index contributed by atoms with van der Waals surface area (Å²) in [5.41, 5.74) is 2.53. The molecule has 39 heavy (non-hydrogen) atoms. The number of fused-ring (bicyclic) bond motifs is 1. The fraction of sp³-hybridized carbons (Fsp3) is 0.387. The number of anilines is 1. The summed E-state index contributed by atoms with van der Waals surface area (Å²) in [5.74, 6) is -0.746. The van der Waals surface area contributed by atoms with Gasteiger partial charge in [0.2, 0.25) is 5.91 Å². The van der Waals surface area contributed by atoms with Gasteiger partial charge in [0.25, 0.3) is 5.91 Å². The highest BCUT2D eigenvalue weighted by atomic mass is 32.1. The van der Waals surface area contributed by atoms with Gasteiger partial charge < -0.3 is 20.3 Å². The van der Waals surface area contributed by atoms with Gasteiger partial charge in [-0.05, 0) is 76.9 Å². The summed E-state index contributed by atoms with van der Waals surface area (Å²) in [4.78, 5) is 42.0. The number of hydrogen-bond acceptors (Lipinski definition) is 5. The second-order valence-electron chi connectivity index (χ2n) is 11.1. The fourth-order valence-electron chi connectivity index (χ4n) is 4.58. The van der Waals surface area contributed by atoms with Crippen LogP contribution in [-0.2, 0) is 14.3 Å². The highest BCUT2D eigenvalue weighted by Gasteiger charge is 2.37. The average molecular weight is 550 g/mol. The van der Waals surface area contributed by atoms with Crippen LogP contribution in [0.4, 0.5) is 10.5 Å². The van der Waals surface area contributed by atoms with Gasteiger partial charge >= 0.3 is 6.09 Å². The van der Waals surface area contributed by atoms with E-state index in [0.717, 1.165) is 21.9 Å². The first-order chi connectivity index (χ1) is 18.3. The predicted octanol–water partition coefficient (Wildman–Crippen LogP) is 6.20. The first-order valence-corrected chi connectivity index (χ1v) is 13.7. The number of thiol groups is 1. The van der Waals surface area contributed by atoms with Gasteiger partial charge in [-0.3, -0.25) is 9.59 Å². The van der Waals surface area contributed by atoms with E-state index in [1.807, 2.05) is 88.4 Å². The van der Waals surface area contributed by atoms with Crippen molar-refractivity contribution in [2.24, 2.45) is 0 Å². The van der Waals surface area contributed by atoms with Crippen molar-refractivity contribution in [3.05, 3.63) is 77.4 Å². The minimum absolute atomic E-state index is 0.0349. The number of rotatable bonds is 8. The van der Waals surface area contributed by atoms with Crippen molar-refractivity contribution < 1.29 is 19.1 Å². The lowest BCUT2D eigenvalue weighted by molar-refractivity contribution is -0.142. The van der Waals surface area contributed by atoms with Gasteiger partial charge in [-0.25, -0.2) is 4.79 Å². The molecule has 0 saturated heterocycles. The SMILES string of the molecule is Cc1cc(C)cc(C(C(=O)Nc2ccc3ccccc3c2)N(C(=O)C(CS)NC(=O)OC(C)(C)C)C(C)C)c1. The Kier molecular flexibility index (Phi) is 9.67. The van der Waals surface area contributed by atoms with Crippen LogP contribution in [0.15, 0.2) is 60.7 Å². The van der Waals surface area contributed by atoms with Gasteiger partial charge in [0.1, 0.15) is 17.7 Å². The topological polar surface area (TPSA) is 87.7 Å². The quantitative estimate of drug-likeness (QED) is 0.292. The molecule has 2 atom stereocenters. The van der Waals surface area contributed by atoms with Crippen LogP contribution >= 0.6 is 12.6 Å². The van der Waals surface area contributed by atoms with E-state index in [1.165, 1.54) is 4.90 Å². The number of benzene rings is 3.